The molecule has 1 aromatic heterocycles. The van der Waals surface area contributed by atoms with E-state index in [0.29, 0.717) is 0 Å². The molecule has 0 saturated heterocycles. The minimum absolute atomic E-state index is 0.0767. The summed E-state index contributed by atoms with van der Waals surface area (Å²) < 4.78 is 39.4. The topological polar surface area (TPSA) is 41.8 Å². The van der Waals surface area contributed by atoms with E-state index in [1.165, 1.54) is 0 Å². The molecule has 68 valence electrons. The first-order valence-corrected chi connectivity index (χ1v) is 3.49. The van der Waals surface area contributed by atoms with Gasteiger partial charge in [-0.1, -0.05) is 0 Å². The number of hydrogen-bond donors (Lipinski definition) is 1. The molecule has 0 aliphatic rings. The highest BCUT2D eigenvalue weighted by atomic mass is 32.1. The lowest BCUT2D eigenvalue weighted by atomic mass is 10.3. The molecule has 0 fully saturated rings. The van der Waals surface area contributed by atoms with Gasteiger partial charge in [0, 0.05) is 6.42 Å². The molecule has 0 aromatic carbocycles. The molecule has 7 heteroatoms. The maximum atomic E-state index is 11.6. The van der Waals surface area contributed by atoms with Crippen molar-refractivity contribution < 1.29 is 17.7 Å². The minimum Gasteiger partial charge on any atom is -0.348 e. The van der Waals surface area contributed by atoms with Gasteiger partial charge in [0.05, 0.1) is 6.42 Å². The Kier molecular flexibility index (Phi) is 2.51. The Morgan fingerprint density at radius 2 is 2.17 bits per heavy atom. The predicted octanol–water partition coefficient (Wildman–Crippen LogP) is 2.23. The summed E-state index contributed by atoms with van der Waals surface area (Å²) in [6.45, 7) is 0. The lowest BCUT2D eigenvalue weighted by Gasteiger charge is -2.02. The standard InChI is InChI=1S/C5H5F3N2OS/c6-5(7,8)2-1-3-9-4(12)11-10-3/h1-2H2,(H,9,10,12). The van der Waals surface area contributed by atoms with Gasteiger partial charge in [-0.2, -0.15) is 18.2 Å². The number of alkyl halides is 3. The van der Waals surface area contributed by atoms with Crippen molar-refractivity contribution in [2.24, 2.45) is 0 Å². The largest absolute Gasteiger partial charge is 0.389 e. The van der Waals surface area contributed by atoms with E-state index in [-0.39, 0.29) is 17.1 Å². The summed E-state index contributed by atoms with van der Waals surface area (Å²) in [5.74, 6) is 0.123. The summed E-state index contributed by atoms with van der Waals surface area (Å²) in [5, 5.41) is 2.19. The Hall–Kier alpha value is -0.850. The summed E-state index contributed by atoms with van der Waals surface area (Å²) in [6, 6.07) is 0. The molecule has 0 atom stereocenters. The third-order valence-electron chi connectivity index (χ3n) is 1.13. The number of nitrogens with zero attached hydrogens (tertiary/aromatic N) is 1. The molecule has 0 saturated carbocycles. The van der Waals surface area contributed by atoms with Crippen LogP contribution in [0.1, 0.15) is 12.2 Å². The Morgan fingerprint density at radius 1 is 1.50 bits per heavy atom. The normalized spacial score (nSPS) is 11.9. The van der Waals surface area contributed by atoms with E-state index in [0.717, 1.165) is 0 Å². The Balaban J connectivity index is 2.49. The summed E-state index contributed by atoms with van der Waals surface area (Å²) in [4.78, 5) is 3.43. The van der Waals surface area contributed by atoms with Crippen LogP contribution in [0.25, 0.3) is 0 Å². The number of aromatic nitrogens is 2. The zero-order valence-corrected chi connectivity index (χ0v) is 6.63. The van der Waals surface area contributed by atoms with Crippen molar-refractivity contribution in [3.8, 4) is 0 Å². The van der Waals surface area contributed by atoms with Gasteiger partial charge < -0.3 is 4.52 Å². The molecule has 1 N–H and O–H groups in total. The van der Waals surface area contributed by atoms with Gasteiger partial charge in [0.1, 0.15) is 5.82 Å². The highest BCUT2D eigenvalue weighted by Gasteiger charge is 2.27. The predicted molar refractivity (Wildman–Crippen MR) is 36.1 cm³/mol. The quantitative estimate of drug-likeness (QED) is 0.741. The summed E-state index contributed by atoms with van der Waals surface area (Å²) >= 11 is 4.45. The number of hydrogen-bond acceptors (Lipinski definition) is 3. The number of aryl methyl sites for hydroxylation is 1. The van der Waals surface area contributed by atoms with Crippen molar-refractivity contribution >= 4 is 12.2 Å². The molecule has 1 aromatic rings. The van der Waals surface area contributed by atoms with Gasteiger partial charge in [-0.25, -0.2) is 5.16 Å². The van der Waals surface area contributed by atoms with E-state index in [1.54, 1.807) is 0 Å². The Morgan fingerprint density at radius 3 is 2.58 bits per heavy atom. The molecule has 0 bridgehead atoms. The van der Waals surface area contributed by atoms with Crippen molar-refractivity contribution in [2.75, 3.05) is 0 Å². The zero-order valence-electron chi connectivity index (χ0n) is 5.81. The van der Waals surface area contributed by atoms with E-state index in [2.05, 4.69) is 26.9 Å². The zero-order chi connectivity index (χ0) is 9.19. The van der Waals surface area contributed by atoms with Crippen molar-refractivity contribution in [3.63, 3.8) is 0 Å². The lowest BCUT2D eigenvalue weighted by Crippen LogP contribution is -2.09. The second-order valence-electron chi connectivity index (χ2n) is 2.14. The van der Waals surface area contributed by atoms with E-state index < -0.39 is 12.6 Å². The second-order valence-corrected chi connectivity index (χ2v) is 2.49. The van der Waals surface area contributed by atoms with Crippen LogP contribution in [0.3, 0.4) is 0 Å². The highest BCUT2D eigenvalue weighted by molar-refractivity contribution is 7.71. The van der Waals surface area contributed by atoms with E-state index in [9.17, 15) is 13.2 Å². The number of aromatic amines is 1. The van der Waals surface area contributed by atoms with Crippen LogP contribution in [0.2, 0.25) is 0 Å². The lowest BCUT2D eigenvalue weighted by molar-refractivity contribution is -0.134. The molecule has 0 spiro atoms. The van der Waals surface area contributed by atoms with Crippen molar-refractivity contribution in [3.05, 3.63) is 10.7 Å². The van der Waals surface area contributed by atoms with Gasteiger partial charge in [-0.15, -0.1) is 0 Å². The molecule has 0 aliphatic carbocycles. The minimum atomic E-state index is -4.17. The summed E-state index contributed by atoms with van der Waals surface area (Å²) in [5.41, 5.74) is 0. The molecule has 1 rings (SSSR count). The van der Waals surface area contributed by atoms with Crippen molar-refractivity contribution in [1.82, 2.24) is 10.1 Å². The van der Waals surface area contributed by atoms with E-state index in [1.807, 2.05) is 0 Å². The fourth-order valence-electron chi connectivity index (χ4n) is 0.625. The van der Waals surface area contributed by atoms with Gasteiger partial charge in [0.25, 0.3) is 0 Å². The number of rotatable bonds is 2. The first-order valence-electron chi connectivity index (χ1n) is 3.08. The smallest absolute Gasteiger partial charge is 0.348 e. The van der Waals surface area contributed by atoms with Gasteiger partial charge in [-0.3, -0.25) is 0 Å². The van der Waals surface area contributed by atoms with Crippen LogP contribution in [-0.2, 0) is 6.42 Å². The maximum absolute atomic E-state index is 11.6. The van der Waals surface area contributed by atoms with Crippen LogP contribution in [-0.4, -0.2) is 16.3 Å². The molecule has 0 amide bonds. The van der Waals surface area contributed by atoms with Crippen LogP contribution < -0.4 is 0 Å². The fourth-order valence-corrected chi connectivity index (χ4v) is 0.777. The first kappa shape index (κ1) is 9.24. The van der Waals surface area contributed by atoms with Gasteiger partial charge in [0.15, 0.2) is 0 Å². The van der Waals surface area contributed by atoms with Gasteiger partial charge in [-0.05, 0) is 12.2 Å². The Bertz CT molecular complexity index is 302. The van der Waals surface area contributed by atoms with Crippen LogP contribution >= 0.6 is 12.2 Å². The van der Waals surface area contributed by atoms with Crippen LogP contribution in [0, 0.1) is 4.84 Å². The van der Waals surface area contributed by atoms with Gasteiger partial charge in [0.2, 0.25) is 0 Å². The average Bonchev–Trinajstić information content (AvgIpc) is 2.30. The summed E-state index contributed by atoms with van der Waals surface area (Å²) in [7, 11) is 0. The molecule has 1 heterocycles. The third kappa shape index (κ3) is 3.04. The fraction of sp³-hybridized carbons (Fsp3) is 0.600. The number of halogens is 3. The first-order chi connectivity index (χ1) is 5.47. The molecule has 0 aliphatic heterocycles. The SMILES string of the molecule is FC(F)(F)CCc1nc(=S)o[nH]1. The third-order valence-corrected chi connectivity index (χ3v) is 1.30. The molecule has 0 unspecified atom stereocenters. The van der Waals surface area contributed by atoms with Crippen LogP contribution in [0.15, 0.2) is 4.52 Å². The van der Waals surface area contributed by atoms with Crippen LogP contribution in [0.5, 0.6) is 0 Å². The molecule has 0 radical (unpaired) electrons. The van der Waals surface area contributed by atoms with Crippen LogP contribution in [0.4, 0.5) is 13.2 Å². The van der Waals surface area contributed by atoms with Crippen molar-refractivity contribution in [1.29, 1.82) is 0 Å². The average molecular weight is 198 g/mol. The number of H-pyrrole nitrogens is 1. The molecule has 3 nitrogen and oxygen atoms in total. The summed E-state index contributed by atoms with van der Waals surface area (Å²) in [6.07, 6.45) is -5.33. The molecular weight excluding hydrogens is 193 g/mol. The monoisotopic (exact) mass is 198 g/mol. The second kappa shape index (κ2) is 3.26. The van der Waals surface area contributed by atoms with Gasteiger partial charge >= 0.3 is 11.0 Å². The molecule has 12 heavy (non-hydrogen) atoms. The molecular formula is C5H5F3N2OS. The number of nitrogens with one attached hydrogen (secondary N) is 1. The van der Waals surface area contributed by atoms with Crippen molar-refractivity contribution in [2.45, 2.75) is 19.0 Å². The highest BCUT2D eigenvalue weighted by Crippen LogP contribution is 2.20. The van der Waals surface area contributed by atoms with E-state index >= 15 is 0 Å². The maximum Gasteiger partial charge on any atom is 0.389 e. The Labute approximate surface area is 70.6 Å². The van der Waals surface area contributed by atoms with E-state index in [4.69, 9.17) is 0 Å².